The average molecular weight is 240 g/mol. The summed E-state index contributed by atoms with van der Waals surface area (Å²) < 4.78 is 0. The van der Waals surface area contributed by atoms with Crippen LogP contribution >= 0.6 is 12.2 Å². The van der Waals surface area contributed by atoms with E-state index >= 15 is 0 Å². The summed E-state index contributed by atoms with van der Waals surface area (Å²) in [5.74, 6) is 0. The maximum Gasteiger partial charge on any atom is 0.0740 e. The second-order valence-electron chi connectivity index (χ2n) is 6.90. The molecule has 2 nitrogen and oxygen atoms in total. The fraction of sp³-hybridized carbons (Fsp3) is 0.923. The third-order valence-electron chi connectivity index (χ3n) is 4.17. The van der Waals surface area contributed by atoms with E-state index in [0.717, 1.165) is 19.0 Å². The molecule has 1 aliphatic heterocycles. The van der Waals surface area contributed by atoms with E-state index in [4.69, 9.17) is 18.0 Å². The van der Waals surface area contributed by atoms with Gasteiger partial charge in [0, 0.05) is 25.6 Å². The number of rotatable bonds is 3. The highest BCUT2D eigenvalue weighted by molar-refractivity contribution is 7.80. The molecule has 2 fully saturated rings. The van der Waals surface area contributed by atoms with E-state index in [1.807, 2.05) is 0 Å². The fourth-order valence-electron chi connectivity index (χ4n) is 4.09. The molecule has 1 heterocycles. The molecule has 2 unspecified atom stereocenters. The van der Waals surface area contributed by atoms with Gasteiger partial charge in [0.25, 0.3) is 0 Å². The van der Waals surface area contributed by atoms with Crippen molar-refractivity contribution >= 4 is 17.2 Å². The highest BCUT2D eigenvalue weighted by atomic mass is 32.1. The van der Waals surface area contributed by atoms with Gasteiger partial charge in [0.1, 0.15) is 0 Å². The SMILES string of the molecule is CC1(C)CC2CC(C)(CN2CCC(N)=S)C1. The highest BCUT2D eigenvalue weighted by Crippen LogP contribution is 2.52. The molecule has 2 bridgehead atoms. The van der Waals surface area contributed by atoms with Crippen molar-refractivity contribution in [2.45, 2.75) is 52.5 Å². The van der Waals surface area contributed by atoms with E-state index in [1.54, 1.807) is 0 Å². The van der Waals surface area contributed by atoms with Crippen LogP contribution in [-0.4, -0.2) is 29.0 Å². The lowest BCUT2D eigenvalue weighted by molar-refractivity contribution is 0.128. The predicted octanol–water partition coefficient (Wildman–Crippen LogP) is 2.56. The molecule has 1 saturated heterocycles. The number of hydrogen-bond acceptors (Lipinski definition) is 2. The Kier molecular flexibility index (Phi) is 3.04. The summed E-state index contributed by atoms with van der Waals surface area (Å²) in [4.78, 5) is 3.28. The molecule has 16 heavy (non-hydrogen) atoms. The minimum Gasteiger partial charge on any atom is -0.393 e. The molecule has 0 spiro atoms. The van der Waals surface area contributed by atoms with E-state index in [9.17, 15) is 0 Å². The standard InChI is InChI=1S/C13H24N2S/c1-12(2)6-10-7-13(3,8-12)9-15(10)5-4-11(14)16/h10H,4-9H2,1-3H3,(H2,14,16). The Morgan fingerprint density at radius 3 is 2.69 bits per heavy atom. The van der Waals surface area contributed by atoms with Crippen LogP contribution in [0.1, 0.15) is 46.5 Å². The molecule has 92 valence electrons. The predicted molar refractivity (Wildman–Crippen MR) is 72.5 cm³/mol. The molecule has 0 aromatic heterocycles. The third kappa shape index (κ3) is 2.57. The van der Waals surface area contributed by atoms with Gasteiger partial charge in [-0.15, -0.1) is 0 Å². The molecule has 2 atom stereocenters. The van der Waals surface area contributed by atoms with Crippen molar-refractivity contribution in [1.82, 2.24) is 4.90 Å². The largest absolute Gasteiger partial charge is 0.393 e. The molecule has 0 aromatic carbocycles. The van der Waals surface area contributed by atoms with Crippen molar-refractivity contribution in [2.24, 2.45) is 16.6 Å². The number of thiocarbonyl (C=S) groups is 1. The van der Waals surface area contributed by atoms with Crippen molar-refractivity contribution in [3.05, 3.63) is 0 Å². The molecule has 1 saturated carbocycles. The van der Waals surface area contributed by atoms with Gasteiger partial charge >= 0.3 is 0 Å². The number of fused-ring (bicyclic) bond motifs is 2. The first kappa shape index (κ1) is 12.3. The van der Waals surface area contributed by atoms with E-state index in [1.165, 1.54) is 25.8 Å². The summed E-state index contributed by atoms with van der Waals surface area (Å²) in [7, 11) is 0. The van der Waals surface area contributed by atoms with Crippen LogP contribution in [0.2, 0.25) is 0 Å². The molecular formula is C13H24N2S. The number of likely N-dealkylation sites (tertiary alicyclic amines) is 1. The summed E-state index contributed by atoms with van der Waals surface area (Å²) in [5.41, 5.74) is 6.64. The lowest BCUT2D eigenvalue weighted by Gasteiger charge is -2.39. The van der Waals surface area contributed by atoms with Gasteiger partial charge in [0.05, 0.1) is 4.99 Å². The summed E-state index contributed by atoms with van der Waals surface area (Å²) in [6, 6.07) is 0.767. The molecular weight excluding hydrogens is 216 g/mol. The van der Waals surface area contributed by atoms with Gasteiger partial charge < -0.3 is 5.73 Å². The monoisotopic (exact) mass is 240 g/mol. The van der Waals surface area contributed by atoms with Gasteiger partial charge in [-0.2, -0.15) is 0 Å². The van der Waals surface area contributed by atoms with Gasteiger partial charge in [-0.25, -0.2) is 0 Å². The number of hydrogen-bond donors (Lipinski definition) is 1. The van der Waals surface area contributed by atoms with E-state index < -0.39 is 0 Å². The molecule has 2 rings (SSSR count). The minimum atomic E-state index is 0.510. The molecule has 2 aliphatic rings. The van der Waals surface area contributed by atoms with Gasteiger partial charge in [-0.1, -0.05) is 33.0 Å². The van der Waals surface area contributed by atoms with Crippen LogP contribution in [0.3, 0.4) is 0 Å². The Balaban J connectivity index is 2.02. The van der Waals surface area contributed by atoms with E-state index in [0.29, 0.717) is 15.8 Å². The Bertz CT molecular complexity index is 300. The zero-order valence-corrected chi connectivity index (χ0v) is 11.6. The molecule has 3 heteroatoms. The molecule has 2 N–H and O–H groups in total. The topological polar surface area (TPSA) is 29.3 Å². The molecule has 0 amide bonds. The van der Waals surface area contributed by atoms with Gasteiger partial charge in [0.15, 0.2) is 0 Å². The maximum atomic E-state index is 5.60. The molecule has 0 radical (unpaired) electrons. The lowest BCUT2D eigenvalue weighted by Crippen LogP contribution is -2.35. The Morgan fingerprint density at radius 2 is 2.06 bits per heavy atom. The summed E-state index contributed by atoms with van der Waals surface area (Å²) in [5, 5.41) is 0. The average Bonchev–Trinajstić information content (AvgIpc) is 2.31. The summed E-state index contributed by atoms with van der Waals surface area (Å²) >= 11 is 4.97. The van der Waals surface area contributed by atoms with Gasteiger partial charge in [-0.05, 0) is 30.1 Å². The Morgan fingerprint density at radius 1 is 1.38 bits per heavy atom. The zero-order valence-electron chi connectivity index (χ0n) is 10.8. The highest BCUT2D eigenvalue weighted by Gasteiger charge is 2.49. The first-order valence-corrected chi connectivity index (χ1v) is 6.73. The summed E-state index contributed by atoms with van der Waals surface area (Å²) in [6.07, 6.45) is 4.94. The smallest absolute Gasteiger partial charge is 0.0740 e. The first-order chi connectivity index (χ1) is 7.30. The quantitative estimate of drug-likeness (QED) is 0.769. The molecule has 1 aliphatic carbocycles. The van der Waals surface area contributed by atoms with Crippen LogP contribution in [0.25, 0.3) is 0 Å². The van der Waals surface area contributed by atoms with E-state index in [-0.39, 0.29) is 0 Å². The van der Waals surface area contributed by atoms with Crippen LogP contribution < -0.4 is 5.73 Å². The second-order valence-corrected chi connectivity index (χ2v) is 7.42. The van der Waals surface area contributed by atoms with Crippen LogP contribution in [-0.2, 0) is 0 Å². The van der Waals surface area contributed by atoms with Crippen molar-refractivity contribution in [1.29, 1.82) is 0 Å². The molecule has 0 aromatic rings. The van der Waals surface area contributed by atoms with Crippen LogP contribution in [0.4, 0.5) is 0 Å². The normalized spacial score (nSPS) is 37.6. The van der Waals surface area contributed by atoms with Crippen LogP contribution in [0.5, 0.6) is 0 Å². The number of nitrogens with two attached hydrogens (primary N) is 1. The van der Waals surface area contributed by atoms with Crippen molar-refractivity contribution < 1.29 is 0 Å². The third-order valence-corrected chi connectivity index (χ3v) is 4.37. The Hall–Kier alpha value is -0.150. The first-order valence-electron chi connectivity index (χ1n) is 6.32. The second kappa shape index (κ2) is 3.95. The fourth-order valence-corrected chi connectivity index (χ4v) is 4.18. The maximum absolute atomic E-state index is 5.60. The van der Waals surface area contributed by atoms with Crippen molar-refractivity contribution in [3.63, 3.8) is 0 Å². The van der Waals surface area contributed by atoms with Gasteiger partial charge in [0.2, 0.25) is 0 Å². The zero-order chi connectivity index (χ0) is 12.0. The Labute approximate surface area is 105 Å². The lowest BCUT2D eigenvalue weighted by atomic mass is 9.65. The van der Waals surface area contributed by atoms with E-state index in [2.05, 4.69) is 25.7 Å². The van der Waals surface area contributed by atoms with Crippen molar-refractivity contribution in [3.8, 4) is 0 Å². The van der Waals surface area contributed by atoms with Gasteiger partial charge in [-0.3, -0.25) is 4.90 Å². The van der Waals surface area contributed by atoms with Crippen LogP contribution in [0, 0.1) is 10.8 Å². The van der Waals surface area contributed by atoms with Crippen molar-refractivity contribution in [2.75, 3.05) is 13.1 Å². The number of nitrogens with zero attached hydrogens (tertiary/aromatic N) is 1. The summed E-state index contributed by atoms with van der Waals surface area (Å²) in [6.45, 7) is 9.57. The van der Waals surface area contributed by atoms with Crippen LogP contribution in [0.15, 0.2) is 0 Å². The minimum absolute atomic E-state index is 0.510.